The van der Waals surface area contributed by atoms with Crippen molar-refractivity contribution in [1.82, 2.24) is 25.2 Å². The second-order valence-corrected chi connectivity index (χ2v) is 11.5. The molecule has 2 heterocycles. The first kappa shape index (κ1) is 26.5. The largest absolute Gasteiger partial charge is 0.444 e. The van der Waals surface area contributed by atoms with E-state index in [0.29, 0.717) is 41.4 Å². The van der Waals surface area contributed by atoms with Gasteiger partial charge in [-0.05, 0) is 75.6 Å². The van der Waals surface area contributed by atoms with Gasteiger partial charge in [0.15, 0.2) is 0 Å². The molecule has 4 unspecified atom stereocenters. The lowest BCUT2D eigenvalue weighted by atomic mass is 9.98. The standard InChI is InChI=1S/C27H38ClN5O3/c1-6-20-21(24(20)22(7-2)29-25(34)17-8-10-19(28)11-9-17)12-13-33-16-23(30-31-33)18-14-32(15-18)26(35)36-27(3,4)5/h8-11,16,18,20-22,24H,6-7,12-15H2,1-5H3,(H,29,34). The monoisotopic (exact) mass is 515 g/mol. The Morgan fingerprint density at radius 2 is 1.86 bits per heavy atom. The van der Waals surface area contributed by atoms with Gasteiger partial charge in [0, 0.05) is 48.4 Å². The molecule has 2 aromatic rings. The van der Waals surface area contributed by atoms with E-state index in [1.807, 2.05) is 31.6 Å². The van der Waals surface area contributed by atoms with Crippen LogP contribution in [0.3, 0.4) is 0 Å². The normalized spacial score (nSPS) is 22.6. The molecule has 1 saturated carbocycles. The van der Waals surface area contributed by atoms with Crippen LogP contribution >= 0.6 is 11.6 Å². The molecule has 2 amide bonds. The number of carbonyl (C=O) groups is 2. The molecule has 0 radical (unpaired) electrons. The highest BCUT2D eigenvalue weighted by Gasteiger charge is 2.52. The second kappa shape index (κ2) is 10.8. The maximum atomic E-state index is 12.8. The van der Waals surface area contributed by atoms with Crippen molar-refractivity contribution in [2.45, 2.75) is 78.0 Å². The molecule has 8 nitrogen and oxygen atoms in total. The van der Waals surface area contributed by atoms with Crippen LogP contribution in [0.15, 0.2) is 30.5 Å². The highest BCUT2D eigenvalue weighted by Crippen LogP contribution is 2.53. The smallest absolute Gasteiger partial charge is 0.410 e. The Kier molecular flexibility index (Phi) is 7.93. The Balaban J connectivity index is 1.26. The number of hydrogen-bond donors (Lipinski definition) is 1. The minimum atomic E-state index is -0.488. The molecule has 0 spiro atoms. The van der Waals surface area contributed by atoms with Crippen molar-refractivity contribution in [1.29, 1.82) is 0 Å². The van der Waals surface area contributed by atoms with E-state index in [-0.39, 0.29) is 24.0 Å². The summed E-state index contributed by atoms with van der Waals surface area (Å²) in [5.74, 6) is 1.81. The molecule has 1 aliphatic carbocycles. The maximum Gasteiger partial charge on any atom is 0.410 e. The molecule has 4 atom stereocenters. The number of rotatable bonds is 9. The van der Waals surface area contributed by atoms with Crippen LogP contribution in [0, 0.1) is 17.8 Å². The molecule has 2 aliphatic rings. The Bertz CT molecular complexity index is 1060. The highest BCUT2D eigenvalue weighted by atomic mass is 35.5. The fourth-order valence-corrected chi connectivity index (χ4v) is 5.53. The summed E-state index contributed by atoms with van der Waals surface area (Å²) in [4.78, 5) is 26.6. The molecule has 1 aliphatic heterocycles. The number of benzene rings is 1. The fraction of sp³-hybridized carbons (Fsp3) is 0.630. The van der Waals surface area contributed by atoms with Gasteiger partial charge in [0.2, 0.25) is 0 Å². The number of aryl methyl sites for hydroxylation is 1. The molecular weight excluding hydrogens is 478 g/mol. The van der Waals surface area contributed by atoms with Crippen LogP contribution in [-0.4, -0.2) is 56.6 Å². The minimum absolute atomic E-state index is 0.0409. The first-order valence-electron chi connectivity index (χ1n) is 13.0. The molecule has 0 bridgehead atoms. The first-order chi connectivity index (χ1) is 17.1. The minimum Gasteiger partial charge on any atom is -0.444 e. The Morgan fingerprint density at radius 3 is 2.47 bits per heavy atom. The van der Waals surface area contributed by atoms with E-state index in [2.05, 4.69) is 29.5 Å². The average Bonchev–Trinajstić information content (AvgIpc) is 3.29. The van der Waals surface area contributed by atoms with Gasteiger partial charge in [-0.15, -0.1) is 5.10 Å². The van der Waals surface area contributed by atoms with Crippen LogP contribution in [0.2, 0.25) is 5.02 Å². The van der Waals surface area contributed by atoms with Gasteiger partial charge < -0.3 is 15.0 Å². The van der Waals surface area contributed by atoms with Crippen molar-refractivity contribution in [3.05, 3.63) is 46.7 Å². The van der Waals surface area contributed by atoms with Crippen molar-refractivity contribution in [3.8, 4) is 0 Å². The molecule has 196 valence electrons. The van der Waals surface area contributed by atoms with Crippen molar-refractivity contribution in [2.75, 3.05) is 13.1 Å². The van der Waals surface area contributed by atoms with Crippen LogP contribution in [0.1, 0.15) is 75.9 Å². The number of hydrogen-bond acceptors (Lipinski definition) is 5. The average molecular weight is 516 g/mol. The third-order valence-electron chi connectivity index (χ3n) is 7.40. The molecule has 2 fully saturated rings. The topological polar surface area (TPSA) is 89.4 Å². The van der Waals surface area contributed by atoms with Gasteiger partial charge >= 0.3 is 6.09 Å². The summed E-state index contributed by atoms with van der Waals surface area (Å²) in [5.41, 5.74) is 1.08. The van der Waals surface area contributed by atoms with Crippen LogP contribution in [0.4, 0.5) is 4.79 Å². The summed E-state index contributed by atoms with van der Waals surface area (Å²) < 4.78 is 7.35. The molecule has 1 N–H and O–H groups in total. The van der Waals surface area contributed by atoms with Crippen LogP contribution < -0.4 is 5.32 Å². The lowest BCUT2D eigenvalue weighted by Crippen LogP contribution is -2.50. The number of carbonyl (C=O) groups excluding carboxylic acids is 2. The van der Waals surface area contributed by atoms with Gasteiger partial charge in [-0.1, -0.05) is 37.1 Å². The quantitative estimate of drug-likeness (QED) is 0.499. The van der Waals surface area contributed by atoms with Gasteiger partial charge in [0.1, 0.15) is 5.60 Å². The Morgan fingerprint density at radius 1 is 1.17 bits per heavy atom. The highest BCUT2D eigenvalue weighted by molar-refractivity contribution is 6.30. The number of amides is 2. The van der Waals surface area contributed by atoms with E-state index < -0.39 is 5.60 Å². The van der Waals surface area contributed by atoms with Gasteiger partial charge in [-0.25, -0.2) is 4.79 Å². The summed E-state index contributed by atoms with van der Waals surface area (Å²) in [7, 11) is 0. The van der Waals surface area contributed by atoms with Gasteiger partial charge in [0.25, 0.3) is 5.91 Å². The number of likely N-dealkylation sites (tertiary alicyclic amines) is 1. The summed E-state index contributed by atoms with van der Waals surface area (Å²) in [6.07, 6.45) is 4.75. The molecule has 9 heteroatoms. The summed E-state index contributed by atoms with van der Waals surface area (Å²) in [6.45, 7) is 12.0. The van der Waals surface area contributed by atoms with Gasteiger partial charge in [0.05, 0.1) is 5.69 Å². The van der Waals surface area contributed by atoms with Gasteiger partial charge in [-0.2, -0.15) is 0 Å². The number of nitrogens with zero attached hydrogens (tertiary/aromatic N) is 4. The maximum absolute atomic E-state index is 12.8. The van der Waals surface area contributed by atoms with E-state index in [1.54, 1.807) is 29.2 Å². The van der Waals surface area contributed by atoms with E-state index in [0.717, 1.165) is 31.5 Å². The van der Waals surface area contributed by atoms with Gasteiger partial charge in [-0.3, -0.25) is 9.48 Å². The van der Waals surface area contributed by atoms with E-state index in [1.165, 1.54) is 0 Å². The van der Waals surface area contributed by atoms with Crippen LogP contribution in [-0.2, 0) is 11.3 Å². The van der Waals surface area contributed by atoms with Crippen molar-refractivity contribution >= 4 is 23.6 Å². The summed E-state index contributed by atoms with van der Waals surface area (Å²) >= 11 is 5.96. The molecule has 36 heavy (non-hydrogen) atoms. The SMILES string of the molecule is CCC(NC(=O)c1ccc(Cl)cc1)C1C(CC)C1CCn1cc(C2CN(C(=O)OC(C)(C)C)C2)nn1. The lowest BCUT2D eigenvalue weighted by Gasteiger charge is -2.38. The molecule has 1 saturated heterocycles. The van der Waals surface area contributed by atoms with Crippen LogP contribution in [0.5, 0.6) is 0 Å². The predicted octanol–water partition coefficient (Wildman–Crippen LogP) is 5.14. The second-order valence-electron chi connectivity index (χ2n) is 11.1. The van der Waals surface area contributed by atoms with E-state index >= 15 is 0 Å². The molecular formula is C27H38ClN5O3. The molecule has 1 aromatic carbocycles. The third-order valence-corrected chi connectivity index (χ3v) is 7.65. The van der Waals surface area contributed by atoms with Crippen molar-refractivity contribution < 1.29 is 14.3 Å². The number of halogens is 1. The fourth-order valence-electron chi connectivity index (χ4n) is 5.41. The molecule has 1 aromatic heterocycles. The zero-order chi connectivity index (χ0) is 26.0. The first-order valence-corrected chi connectivity index (χ1v) is 13.4. The summed E-state index contributed by atoms with van der Waals surface area (Å²) in [5, 5.41) is 12.6. The van der Waals surface area contributed by atoms with Crippen molar-refractivity contribution in [2.24, 2.45) is 17.8 Å². The Hall–Kier alpha value is -2.61. The molecule has 4 rings (SSSR count). The third kappa shape index (κ3) is 6.20. The Labute approximate surface area is 218 Å². The van der Waals surface area contributed by atoms with Crippen molar-refractivity contribution in [3.63, 3.8) is 0 Å². The number of ether oxygens (including phenoxy) is 1. The summed E-state index contributed by atoms with van der Waals surface area (Å²) in [6, 6.07) is 7.18. The van der Waals surface area contributed by atoms with Crippen LogP contribution in [0.25, 0.3) is 0 Å². The zero-order valence-electron chi connectivity index (χ0n) is 21.9. The number of nitrogens with one attached hydrogen (secondary N) is 1. The van der Waals surface area contributed by atoms with E-state index in [9.17, 15) is 9.59 Å². The van der Waals surface area contributed by atoms with E-state index in [4.69, 9.17) is 16.3 Å². The predicted molar refractivity (Wildman–Crippen MR) is 139 cm³/mol. The lowest BCUT2D eigenvalue weighted by molar-refractivity contribution is 0.00785. The zero-order valence-corrected chi connectivity index (χ0v) is 22.7. The number of aromatic nitrogens is 3.